The van der Waals surface area contributed by atoms with Gasteiger partial charge in [0.2, 0.25) is 6.79 Å². The van der Waals surface area contributed by atoms with E-state index in [4.69, 9.17) is 9.47 Å². The summed E-state index contributed by atoms with van der Waals surface area (Å²) in [5.74, 6) is 1.32. The number of ether oxygens (including phenoxy) is 2. The van der Waals surface area contributed by atoms with Gasteiger partial charge in [0, 0.05) is 22.2 Å². The Hall–Kier alpha value is -3.06. The van der Waals surface area contributed by atoms with Gasteiger partial charge in [-0.2, -0.15) is 0 Å². The van der Waals surface area contributed by atoms with Gasteiger partial charge in [-0.1, -0.05) is 24.3 Å². The summed E-state index contributed by atoms with van der Waals surface area (Å²) < 4.78 is 10.6. The monoisotopic (exact) mass is 381 g/mol. The number of anilines is 1. The van der Waals surface area contributed by atoms with Crippen molar-refractivity contribution in [3.05, 3.63) is 58.6 Å². The van der Waals surface area contributed by atoms with Gasteiger partial charge in [-0.3, -0.25) is 0 Å². The van der Waals surface area contributed by atoms with Crippen molar-refractivity contribution in [1.82, 2.24) is 10.3 Å². The first-order chi connectivity index (χ1) is 13.1. The Kier molecular flexibility index (Phi) is 4.68. The molecule has 4 rings (SSSR count). The van der Waals surface area contributed by atoms with Crippen LogP contribution in [0.25, 0.3) is 10.6 Å². The third-order valence-electron chi connectivity index (χ3n) is 4.31. The summed E-state index contributed by atoms with van der Waals surface area (Å²) in [6.07, 6.45) is 0. The lowest BCUT2D eigenvalue weighted by Crippen LogP contribution is -2.28. The number of rotatable bonds is 4. The van der Waals surface area contributed by atoms with Crippen LogP contribution in [0.5, 0.6) is 11.5 Å². The Bertz CT molecular complexity index is 1000. The number of fused-ring (bicyclic) bond motifs is 1. The van der Waals surface area contributed by atoms with Crippen molar-refractivity contribution in [3.63, 3.8) is 0 Å². The van der Waals surface area contributed by atoms with Crippen molar-refractivity contribution >= 4 is 23.1 Å². The zero-order valence-electron chi connectivity index (χ0n) is 15.0. The predicted molar refractivity (Wildman–Crippen MR) is 105 cm³/mol. The van der Waals surface area contributed by atoms with Crippen LogP contribution in [0.4, 0.5) is 10.5 Å². The highest BCUT2D eigenvalue weighted by molar-refractivity contribution is 7.15. The maximum atomic E-state index is 12.2. The molecule has 0 atom stereocenters. The van der Waals surface area contributed by atoms with E-state index in [0.717, 1.165) is 21.1 Å². The first-order valence-corrected chi connectivity index (χ1v) is 9.38. The van der Waals surface area contributed by atoms with Gasteiger partial charge >= 0.3 is 6.03 Å². The molecule has 2 N–H and O–H groups in total. The maximum Gasteiger partial charge on any atom is 0.319 e. The van der Waals surface area contributed by atoms with E-state index in [-0.39, 0.29) is 12.8 Å². The zero-order chi connectivity index (χ0) is 18.8. The molecule has 27 heavy (non-hydrogen) atoms. The molecule has 0 saturated heterocycles. The van der Waals surface area contributed by atoms with Crippen LogP contribution in [-0.2, 0) is 6.54 Å². The molecule has 1 aromatic heterocycles. The van der Waals surface area contributed by atoms with E-state index >= 15 is 0 Å². The van der Waals surface area contributed by atoms with E-state index in [1.54, 1.807) is 29.5 Å². The number of carbonyl (C=O) groups excluding carboxylic acids is 1. The first kappa shape index (κ1) is 17.4. The normalized spacial score (nSPS) is 12.1. The molecule has 2 amide bonds. The average molecular weight is 381 g/mol. The zero-order valence-corrected chi connectivity index (χ0v) is 15.9. The molecule has 138 valence electrons. The fourth-order valence-corrected chi connectivity index (χ4v) is 3.92. The molecular weight excluding hydrogens is 362 g/mol. The molecule has 0 radical (unpaired) electrons. The minimum absolute atomic E-state index is 0.207. The molecule has 6 nitrogen and oxygen atoms in total. The molecule has 2 heterocycles. The van der Waals surface area contributed by atoms with Crippen LogP contribution in [0, 0.1) is 13.8 Å². The second-order valence-corrected chi connectivity index (χ2v) is 7.30. The van der Waals surface area contributed by atoms with Crippen molar-refractivity contribution in [1.29, 1.82) is 0 Å². The number of aromatic nitrogens is 1. The van der Waals surface area contributed by atoms with E-state index in [9.17, 15) is 4.79 Å². The molecule has 0 spiro atoms. The largest absolute Gasteiger partial charge is 0.454 e. The number of hydrogen-bond donors (Lipinski definition) is 2. The third kappa shape index (κ3) is 3.73. The van der Waals surface area contributed by atoms with Crippen molar-refractivity contribution in [3.8, 4) is 22.1 Å². The molecule has 2 aromatic carbocycles. The Morgan fingerprint density at radius 1 is 1.15 bits per heavy atom. The maximum absolute atomic E-state index is 12.2. The van der Waals surface area contributed by atoms with Crippen LogP contribution in [0.2, 0.25) is 0 Å². The smallest absolute Gasteiger partial charge is 0.319 e. The number of hydrogen-bond acceptors (Lipinski definition) is 5. The van der Waals surface area contributed by atoms with Crippen molar-refractivity contribution in [2.24, 2.45) is 0 Å². The summed E-state index contributed by atoms with van der Waals surface area (Å²) in [7, 11) is 0. The third-order valence-corrected chi connectivity index (χ3v) is 5.50. The van der Waals surface area contributed by atoms with E-state index in [1.165, 1.54) is 5.56 Å². The number of aryl methyl sites for hydroxylation is 2. The summed E-state index contributed by atoms with van der Waals surface area (Å²) >= 11 is 1.60. The van der Waals surface area contributed by atoms with Crippen molar-refractivity contribution in [2.75, 3.05) is 12.1 Å². The summed E-state index contributed by atoms with van der Waals surface area (Å²) in [5.41, 5.74) is 3.90. The Morgan fingerprint density at radius 3 is 2.81 bits per heavy atom. The van der Waals surface area contributed by atoms with Crippen LogP contribution >= 0.6 is 11.3 Å². The van der Waals surface area contributed by atoms with E-state index in [0.29, 0.717) is 23.7 Å². The standard InChI is InChI=1S/C20H19N3O3S/c1-12-5-3-4-6-15(12)19-22-13(2)18(27-19)10-21-20(24)23-14-7-8-16-17(9-14)26-11-25-16/h3-9H,10-11H2,1-2H3,(H2,21,23,24). The van der Waals surface area contributed by atoms with Crippen LogP contribution < -0.4 is 20.1 Å². The van der Waals surface area contributed by atoms with E-state index in [1.807, 2.05) is 19.1 Å². The van der Waals surface area contributed by atoms with Gasteiger partial charge in [0.25, 0.3) is 0 Å². The van der Waals surface area contributed by atoms with Gasteiger partial charge in [0.15, 0.2) is 11.5 Å². The quantitative estimate of drug-likeness (QED) is 0.699. The van der Waals surface area contributed by atoms with Crippen LogP contribution in [0.15, 0.2) is 42.5 Å². The van der Waals surface area contributed by atoms with Gasteiger partial charge in [-0.25, -0.2) is 9.78 Å². The Balaban J connectivity index is 1.40. The molecular formula is C20H19N3O3S. The number of nitrogens with one attached hydrogen (secondary N) is 2. The fourth-order valence-electron chi connectivity index (χ4n) is 2.83. The molecule has 0 saturated carbocycles. The minimum atomic E-state index is -0.279. The number of benzene rings is 2. The number of nitrogens with zero attached hydrogens (tertiary/aromatic N) is 1. The molecule has 0 unspecified atom stereocenters. The number of thiazole rings is 1. The molecule has 0 aliphatic carbocycles. The Labute approximate surface area is 161 Å². The first-order valence-electron chi connectivity index (χ1n) is 8.57. The second kappa shape index (κ2) is 7.28. The lowest BCUT2D eigenvalue weighted by Gasteiger charge is -2.07. The van der Waals surface area contributed by atoms with Crippen LogP contribution in [0.1, 0.15) is 16.1 Å². The molecule has 0 fully saturated rings. The summed E-state index contributed by atoms with van der Waals surface area (Å²) in [6.45, 7) is 4.67. The van der Waals surface area contributed by atoms with Crippen molar-refractivity contribution in [2.45, 2.75) is 20.4 Å². The summed E-state index contributed by atoms with van der Waals surface area (Å²) in [6, 6.07) is 13.2. The summed E-state index contributed by atoms with van der Waals surface area (Å²) in [4.78, 5) is 17.9. The molecule has 1 aliphatic heterocycles. The number of urea groups is 1. The van der Waals surface area contributed by atoms with Gasteiger partial charge < -0.3 is 20.1 Å². The number of carbonyl (C=O) groups is 1. The second-order valence-electron chi connectivity index (χ2n) is 6.22. The lowest BCUT2D eigenvalue weighted by molar-refractivity contribution is 0.174. The van der Waals surface area contributed by atoms with E-state index in [2.05, 4.69) is 34.7 Å². The highest BCUT2D eigenvalue weighted by atomic mass is 32.1. The van der Waals surface area contributed by atoms with Gasteiger partial charge in [0.05, 0.1) is 12.2 Å². The molecule has 1 aliphatic rings. The predicted octanol–water partition coefficient (Wildman–Crippen LogP) is 4.48. The molecule has 3 aromatic rings. The minimum Gasteiger partial charge on any atom is -0.454 e. The highest BCUT2D eigenvalue weighted by Gasteiger charge is 2.15. The average Bonchev–Trinajstić information content (AvgIpc) is 3.26. The number of amides is 2. The molecule has 0 bridgehead atoms. The SMILES string of the molecule is Cc1ccccc1-c1nc(C)c(CNC(=O)Nc2ccc3c(c2)OCO3)s1. The topological polar surface area (TPSA) is 72.5 Å². The lowest BCUT2D eigenvalue weighted by atomic mass is 10.1. The fraction of sp³-hybridized carbons (Fsp3) is 0.200. The van der Waals surface area contributed by atoms with Crippen molar-refractivity contribution < 1.29 is 14.3 Å². The van der Waals surface area contributed by atoms with Crippen LogP contribution in [0.3, 0.4) is 0 Å². The van der Waals surface area contributed by atoms with Crippen LogP contribution in [-0.4, -0.2) is 17.8 Å². The highest BCUT2D eigenvalue weighted by Crippen LogP contribution is 2.34. The Morgan fingerprint density at radius 2 is 1.96 bits per heavy atom. The van der Waals surface area contributed by atoms with Gasteiger partial charge in [0.1, 0.15) is 5.01 Å². The van der Waals surface area contributed by atoms with Gasteiger partial charge in [-0.05, 0) is 31.5 Å². The van der Waals surface area contributed by atoms with E-state index < -0.39 is 0 Å². The summed E-state index contributed by atoms with van der Waals surface area (Å²) in [5, 5.41) is 6.66. The molecule has 7 heteroatoms. The van der Waals surface area contributed by atoms with Gasteiger partial charge in [-0.15, -0.1) is 11.3 Å².